The molecule has 4 rings (SSSR count). The Kier molecular flexibility index (Phi) is 3.54. The molecule has 24 heavy (non-hydrogen) atoms. The summed E-state index contributed by atoms with van der Waals surface area (Å²) in [5, 5.41) is 18.1. The van der Waals surface area contributed by atoms with E-state index >= 15 is 0 Å². The number of hydrogen-bond acceptors (Lipinski definition) is 5. The van der Waals surface area contributed by atoms with Gasteiger partial charge in [0.2, 0.25) is 0 Å². The van der Waals surface area contributed by atoms with Crippen molar-refractivity contribution in [3.8, 4) is 11.8 Å². The first-order valence-electron chi connectivity index (χ1n) is 8.17. The molecule has 1 fully saturated rings. The molecule has 0 spiro atoms. The van der Waals surface area contributed by atoms with Gasteiger partial charge >= 0.3 is 0 Å². The van der Waals surface area contributed by atoms with Crippen molar-refractivity contribution in [1.82, 2.24) is 15.0 Å². The lowest BCUT2D eigenvalue weighted by atomic mass is 10.1. The fraction of sp³-hybridized carbons (Fsp3) is 0.278. The number of piperidine rings is 1. The van der Waals surface area contributed by atoms with E-state index in [9.17, 15) is 5.26 Å². The lowest BCUT2D eigenvalue weighted by Gasteiger charge is -2.28. The molecule has 6 nitrogen and oxygen atoms in total. The Morgan fingerprint density at radius 1 is 0.958 bits per heavy atom. The molecule has 2 aromatic carbocycles. The van der Waals surface area contributed by atoms with Crippen molar-refractivity contribution >= 4 is 22.4 Å². The number of rotatable bonds is 2. The highest BCUT2D eigenvalue weighted by Crippen LogP contribution is 2.23. The summed E-state index contributed by atoms with van der Waals surface area (Å²) in [4.78, 5) is 3.97. The zero-order valence-corrected chi connectivity index (χ0v) is 13.3. The highest BCUT2D eigenvalue weighted by molar-refractivity contribution is 5.84. The molecular formula is C18H18N6. The summed E-state index contributed by atoms with van der Waals surface area (Å²) in [6, 6.07) is 13.7. The van der Waals surface area contributed by atoms with Crippen LogP contribution in [0.15, 0.2) is 36.4 Å². The first kappa shape index (κ1) is 14.5. The summed E-state index contributed by atoms with van der Waals surface area (Å²) in [6.45, 7) is 2.24. The van der Waals surface area contributed by atoms with Crippen LogP contribution in [0.2, 0.25) is 0 Å². The highest BCUT2D eigenvalue weighted by atomic mass is 15.5. The third kappa shape index (κ3) is 2.54. The van der Waals surface area contributed by atoms with Gasteiger partial charge in [-0.1, -0.05) is 0 Å². The molecule has 6 heteroatoms. The number of nitriles is 1. The summed E-state index contributed by atoms with van der Waals surface area (Å²) in [6.07, 6.45) is 3.83. The molecule has 0 aliphatic carbocycles. The molecule has 120 valence electrons. The average Bonchev–Trinajstić information content (AvgIpc) is 3.06. The van der Waals surface area contributed by atoms with Crippen LogP contribution in [-0.2, 0) is 0 Å². The smallest absolute Gasteiger partial charge is 0.131 e. The Morgan fingerprint density at radius 2 is 1.67 bits per heavy atom. The van der Waals surface area contributed by atoms with Gasteiger partial charge in [0.1, 0.15) is 17.1 Å². The molecule has 0 saturated carbocycles. The molecule has 2 N–H and O–H groups in total. The molecule has 3 aromatic rings. The minimum atomic E-state index is 0.446. The standard InChI is InChI=1S/C18H18N6/c19-12-13-10-14(20)11-17-18(13)22-24(21-17)16-6-4-15(5-7-16)23-8-2-1-3-9-23/h4-7,10-11H,1-3,8-9,20H2. The van der Waals surface area contributed by atoms with Crippen LogP contribution < -0.4 is 10.6 Å². The SMILES string of the molecule is N#Cc1cc(N)cc2nn(-c3ccc(N4CCCCC4)cc3)nc12. The summed E-state index contributed by atoms with van der Waals surface area (Å²) in [5.41, 5.74) is 10.1. The van der Waals surface area contributed by atoms with Crippen LogP contribution >= 0.6 is 0 Å². The van der Waals surface area contributed by atoms with Crippen LogP contribution in [0, 0.1) is 11.3 Å². The summed E-state index contributed by atoms with van der Waals surface area (Å²) in [5.74, 6) is 0. The molecule has 0 bridgehead atoms. The number of hydrogen-bond donors (Lipinski definition) is 1. The first-order chi connectivity index (χ1) is 11.7. The van der Waals surface area contributed by atoms with Gasteiger partial charge in [-0.25, -0.2) is 0 Å². The number of nitrogen functional groups attached to an aromatic ring is 1. The van der Waals surface area contributed by atoms with Gasteiger partial charge in [0.15, 0.2) is 0 Å². The number of benzene rings is 2. The number of nitrogens with zero attached hydrogens (tertiary/aromatic N) is 5. The van der Waals surface area contributed by atoms with Crippen molar-refractivity contribution in [2.45, 2.75) is 19.3 Å². The van der Waals surface area contributed by atoms with E-state index in [-0.39, 0.29) is 0 Å². The molecule has 0 unspecified atom stereocenters. The van der Waals surface area contributed by atoms with Crippen molar-refractivity contribution in [3.63, 3.8) is 0 Å². The number of fused-ring (bicyclic) bond motifs is 1. The topological polar surface area (TPSA) is 83.8 Å². The van der Waals surface area contributed by atoms with E-state index in [1.54, 1.807) is 16.9 Å². The molecule has 2 heterocycles. The fourth-order valence-corrected chi connectivity index (χ4v) is 3.19. The van der Waals surface area contributed by atoms with E-state index in [0.717, 1.165) is 18.8 Å². The summed E-state index contributed by atoms with van der Waals surface area (Å²) < 4.78 is 0. The van der Waals surface area contributed by atoms with Crippen molar-refractivity contribution in [2.24, 2.45) is 0 Å². The van der Waals surface area contributed by atoms with Crippen LogP contribution in [0.1, 0.15) is 24.8 Å². The van der Waals surface area contributed by atoms with Crippen molar-refractivity contribution in [1.29, 1.82) is 5.26 Å². The average molecular weight is 318 g/mol. The van der Waals surface area contributed by atoms with Gasteiger partial charge in [0.25, 0.3) is 0 Å². The molecule has 1 aromatic heterocycles. The molecule has 1 saturated heterocycles. The van der Waals surface area contributed by atoms with Gasteiger partial charge in [0, 0.05) is 24.5 Å². The Labute approximate surface area is 140 Å². The maximum absolute atomic E-state index is 9.23. The van der Waals surface area contributed by atoms with E-state index in [1.807, 2.05) is 12.1 Å². The van der Waals surface area contributed by atoms with E-state index < -0.39 is 0 Å². The van der Waals surface area contributed by atoms with Crippen LogP contribution in [0.4, 0.5) is 11.4 Å². The number of nitrogens with two attached hydrogens (primary N) is 1. The maximum atomic E-state index is 9.23. The predicted molar refractivity (Wildman–Crippen MR) is 94.1 cm³/mol. The number of aromatic nitrogens is 3. The van der Waals surface area contributed by atoms with Crippen LogP contribution in [-0.4, -0.2) is 28.1 Å². The first-order valence-corrected chi connectivity index (χ1v) is 8.17. The van der Waals surface area contributed by atoms with Gasteiger partial charge < -0.3 is 10.6 Å². The van der Waals surface area contributed by atoms with Gasteiger partial charge in [-0.15, -0.1) is 10.2 Å². The molecule has 0 radical (unpaired) electrons. The van der Waals surface area contributed by atoms with Crippen molar-refractivity contribution in [3.05, 3.63) is 42.0 Å². The summed E-state index contributed by atoms with van der Waals surface area (Å²) >= 11 is 0. The number of anilines is 2. The molecule has 0 amide bonds. The Balaban J connectivity index is 1.68. The normalized spacial score (nSPS) is 14.7. The maximum Gasteiger partial charge on any atom is 0.131 e. The van der Waals surface area contributed by atoms with Gasteiger partial charge in [-0.3, -0.25) is 0 Å². The zero-order valence-electron chi connectivity index (χ0n) is 13.3. The van der Waals surface area contributed by atoms with Crippen LogP contribution in [0.25, 0.3) is 16.7 Å². The molecular weight excluding hydrogens is 300 g/mol. The minimum Gasteiger partial charge on any atom is -0.399 e. The second kappa shape index (κ2) is 5.85. The van der Waals surface area contributed by atoms with E-state index in [0.29, 0.717) is 22.3 Å². The Hall–Kier alpha value is -3.07. The predicted octanol–water partition coefficient (Wildman–Crippen LogP) is 2.86. The van der Waals surface area contributed by atoms with Crippen molar-refractivity contribution in [2.75, 3.05) is 23.7 Å². The largest absolute Gasteiger partial charge is 0.399 e. The Morgan fingerprint density at radius 3 is 2.38 bits per heavy atom. The highest BCUT2D eigenvalue weighted by Gasteiger charge is 2.13. The van der Waals surface area contributed by atoms with E-state index in [1.165, 1.54) is 24.9 Å². The summed E-state index contributed by atoms with van der Waals surface area (Å²) in [7, 11) is 0. The van der Waals surface area contributed by atoms with Gasteiger partial charge in [-0.05, 0) is 55.7 Å². The van der Waals surface area contributed by atoms with E-state index in [4.69, 9.17) is 5.73 Å². The molecule has 1 aliphatic rings. The zero-order chi connectivity index (χ0) is 16.5. The van der Waals surface area contributed by atoms with Crippen LogP contribution in [0.5, 0.6) is 0 Å². The van der Waals surface area contributed by atoms with E-state index in [2.05, 4.69) is 33.3 Å². The third-order valence-electron chi connectivity index (χ3n) is 4.43. The minimum absolute atomic E-state index is 0.446. The lowest BCUT2D eigenvalue weighted by Crippen LogP contribution is -2.29. The quantitative estimate of drug-likeness (QED) is 0.735. The molecule has 1 aliphatic heterocycles. The Bertz CT molecular complexity index is 913. The second-order valence-electron chi connectivity index (χ2n) is 6.10. The van der Waals surface area contributed by atoms with Gasteiger partial charge in [0.05, 0.1) is 11.3 Å². The fourth-order valence-electron chi connectivity index (χ4n) is 3.19. The van der Waals surface area contributed by atoms with Crippen molar-refractivity contribution < 1.29 is 0 Å². The molecule has 0 atom stereocenters. The lowest BCUT2D eigenvalue weighted by molar-refractivity contribution is 0.578. The monoisotopic (exact) mass is 318 g/mol. The third-order valence-corrected chi connectivity index (χ3v) is 4.43. The van der Waals surface area contributed by atoms with Gasteiger partial charge in [-0.2, -0.15) is 10.1 Å². The van der Waals surface area contributed by atoms with Crippen LogP contribution in [0.3, 0.4) is 0 Å². The second-order valence-corrected chi connectivity index (χ2v) is 6.10.